The first-order chi connectivity index (χ1) is 9.22. The smallest absolute Gasteiger partial charge is 0.0815 e. The van der Waals surface area contributed by atoms with E-state index < -0.39 is 0 Å². The Bertz CT molecular complexity index is 518. The van der Waals surface area contributed by atoms with Crippen LogP contribution in [0.15, 0.2) is 36.5 Å². The van der Waals surface area contributed by atoms with E-state index in [1.807, 2.05) is 0 Å². The van der Waals surface area contributed by atoms with Crippen LogP contribution in [0.25, 0.3) is 0 Å². The second-order valence-corrected chi connectivity index (χ2v) is 5.87. The van der Waals surface area contributed by atoms with Crippen molar-refractivity contribution in [2.45, 2.75) is 39.3 Å². The van der Waals surface area contributed by atoms with Crippen molar-refractivity contribution in [1.29, 1.82) is 0 Å². The molecule has 0 aliphatic carbocycles. The van der Waals surface area contributed by atoms with E-state index in [1.165, 1.54) is 3.57 Å². The van der Waals surface area contributed by atoms with Crippen molar-refractivity contribution in [3.05, 3.63) is 45.8 Å². The monoisotopic (exact) mass is 369 g/mol. The molecule has 1 aromatic carbocycles. The Balaban J connectivity index is 1.97. The second kappa shape index (κ2) is 6.93. The van der Waals surface area contributed by atoms with Crippen LogP contribution < -0.4 is 5.32 Å². The van der Waals surface area contributed by atoms with Gasteiger partial charge in [0.05, 0.1) is 18.3 Å². The van der Waals surface area contributed by atoms with E-state index >= 15 is 0 Å². The van der Waals surface area contributed by atoms with Gasteiger partial charge in [-0.15, -0.1) is 0 Å². The SMILES string of the molecule is CCC(CC)n1ccc(CNc2cccc(I)c2)n1. The van der Waals surface area contributed by atoms with E-state index in [9.17, 15) is 0 Å². The first-order valence-electron chi connectivity index (χ1n) is 6.76. The summed E-state index contributed by atoms with van der Waals surface area (Å²) >= 11 is 2.32. The van der Waals surface area contributed by atoms with Gasteiger partial charge in [0, 0.05) is 15.5 Å². The fraction of sp³-hybridized carbons (Fsp3) is 0.400. The molecule has 0 radical (unpaired) electrons. The van der Waals surface area contributed by atoms with Crippen molar-refractivity contribution in [1.82, 2.24) is 9.78 Å². The van der Waals surface area contributed by atoms with E-state index in [1.54, 1.807) is 0 Å². The molecular weight excluding hydrogens is 349 g/mol. The van der Waals surface area contributed by atoms with Crippen LogP contribution in [0.1, 0.15) is 38.4 Å². The zero-order valence-electron chi connectivity index (χ0n) is 11.4. The third kappa shape index (κ3) is 3.96. The van der Waals surface area contributed by atoms with Crippen LogP contribution in [0.4, 0.5) is 5.69 Å². The molecule has 2 rings (SSSR count). The minimum Gasteiger partial charge on any atom is -0.379 e. The molecule has 0 amide bonds. The first-order valence-corrected chi connectivity index (χ1v) is 7.84. The quantitative estimate of drug-likeness (QED) is 0.762. The van der Waals surface area contributed by atoms with Gasteiger partial charge in [0.2, 0.25) is 0 Å². The molecule has 102 valence electrons. The molecule has 0 unspecified atom stereocenters. The molecule has 0 saturated carbocycles. The van der Waals surface area contributed by atoms with Crippen LogP contribution in [0.3, 0.4) is 0 Å². The fourth-order valence-corrected chi connectivity index (χ4v) is 2.67. The summed E-state index contributed by atoms with van der Waals surface area (Å²) in [6.45, 7) is 5.19. The number of aromatic nitrogens is 2. The minimum absolute atomic E-state index is 0.520. The molecule has 19 heavy (non-hydrogen) atoms. The van der Waals surface area contributed by atoms with Crippen LogP contribution in [-0.4, -0.2) is 9.78 Å². The van der Waals surface area contributed by atoms with Crippen molar-refractivity contribution < 1.29 is 0 Å². The second-order valence-electron chi connectivity index (χ2n) is 4.62. The zero-order chi connectivity index (χ0) is 13.7. The molecule has 0 spiro atoms. The van der Waals surface area contributed by atoms with E-state index in [4.69, 9.17) is 0 Å². The lowest BCUT2D eigenvalue weighted by Crippen LogP contribution is -2.09. The third-order valence-electron chi connectivity index (χ3n) is 3.28. The predicted molar refractivity (Wildman–Crippen MR) is 88.3 cm³/mol. The van der Waals surface area contributed by atoms with Gasteiger partial charge >= 0.3 is 0 Å². The van der Waals surface area contributed by atoms with Crippen molar-refractivity contribution in [3.8, 4) is 0 Å². The van der Waals surface area contributed by atoms with E-state index in [2.05, 4.69) is 88.1 Å². The number of anilines is 1. The van der Waals surface area contributed by atoms with Crippen LogP contribution >= 0.6 is 22.6 Å². The lowest BCUT2D eigenvalue weighted by Gasteiger charge is -2.12. The number of rotatable bonds is 6. The van der Waals surface area contributed by atoms with E-state index in [-0.39, 0.29) is 0 Å². The van der Waals surface area contributed by atoms with Crippen molar-refractivity contribution in [2.24, 2.45) is 0 Å². The van der Waals surface area contributed by atoms with Gasteiger partial charge in [-0.05, 0) is 59.7 Å². The van der Waals surface area contributed by atoms with Gasteiger partial charge in [-0.2, -0.15) is 5.10 Å². The Morgan fingerprint density at radius 2 is 2.05 bits per heavy atom. The Morgan fingerprint density at radius 1 is 1.26 bits per heavy atom. The van der Waals surface area contributed by atoms with Crippen LogP contribution in [-0.2, 0) is 6.54 Å². The van der Waals surface area contributed by atoms with Gasteiger partial charge in [0.25, 0.3) is 0 Å². The molecule has 3 nitrogen and oxygen atoms in total. The average molecular weight is 369 g/mol. The molecule has 1 N–H and O–H groups in total. The molecule has 1 aromatic heterocycles. The van der Waals surface area contributed by atoms with Crippen LogP contribution in [0.2, 0.25) is 0 Å². The van der Waals surface area contributed by atoms with Gasteiger partial charge < -0.3 is 5.32 Å². The van der Waals surface area contributed by atoms with Crippen molar-refractivity contribution >= 4 is 28.3 Å². The molecule has 4 heteroatoms. The number of halogens is 1. The van der Waals surface area contributed by atoms with Gasteiger partial charge in [0.15, 0.2) is 0 Å². The maximum Gasteiger partial charge on any atom is 0.0815 e. The molecule has 0 bridgehead atoms. The van der Waals surface area contributed by atoms with Gasteiger partial charge in [-0.3, -0.25) is 4.68 Å². The molecule has 0 saturated heterocycles. The molecule has 2 aromatic rings. The summed E-state index contributed by atoms with van der Waals surface area (Å²) < 4.78 is 3.33. The number of hydrogen-bond acceptors (Lipinski definition) is 2. The van der Waals surface area contributed by atoms with Gasteiger partial charge in [0.1, 0.15) is 0 Å². The number of hydrogen-bond donors (Lipinski definition) is 1. The van der Waals surface area contributed by atoms with Crippen LogP contribution in [0, 0.1) is 3.57 Å². The molecule has 0 fully saturated rings. The van der Waals surface area contributed by atoms with Gasteiger partial charge in [-0.1, -0.05) is 19.9 Å². The lowest BCUT2D eigenvalue weighted by atomic mass is 10.2. The minimum atomic E-state index is 0.520. The highest BCUT2D eigenvalue weighted by atomic mass is 127. The summed E-state index contributed by atoms with van der Waals surface area (Å²) in [6.07, 6.45) is 4.34. The Kier molecular flexibility index (Phi) is 5.24. The topological polar surface area (TPSA) is 29.9 Å². The normalized spacial score (nSPS) is 10.9. The Morgan fingerprint density at radius 3 is 2.74 bits per heavy atom. The van der Waals surface area contributed by atoms with Crippen LogP contribution in [0.5, 0.6) is 0 Å². The third-order valence-corrected chi connectivity index (χ3v) is 3.95. The zero-order valence-corrected chi connectivity index (χ0v) is 13.6. The Hall–Kier alpha value is -1.04. The molecule has 0 aliphatic rings. The number of nitrogens with one attached hydrogen (secondary N) is 1. The highest BCUT2D eigenvalue weighted by Gasteiger charge is 2.07. The lowest BCUT2D eigenvalue weighted by molar-refractivity contribution is 0.426. The molecular formula is C15H20IN3. The maximum absolute atomic E-state index is 4.64. The molecule has 0 aliphatic heterocycles. The summed E-state index contributed by atoms with van der Waals surface area (Å²) in [5.41, 5.74) is 2.23. The Labute approximate surface area is 128 Å². The largest absolute Gasteiger partial charge is 0.379 e. The fourth-order valence-electron chi connectivity index (χ4n) is 2.13. The van der Waals surface area contributed by atoms with E-state index in [0.717, 1.165) is 30.8 Å². The standard InChI is InChI=1S/C15H20IN3/c1-3-15(4-2)19-9-8-14(18-19)11-17-13-7-5-6-12(16)10-13/h5-10,15,17H,3-4,11H2,1-2H3. The highest BCUT2D eigenvalue weighted by molar-refractivity contribution is 14.1. The maximum atomic E-state index is 4.64. The summed E-state index contributed by atoms with van der Waals surface area (Å²) in [5, 5.41) is 8.05. The highest BCUT2D eigenvalue weighted by Crippen LogP contribution is 2.16. The predicted octanol–water partition coefficient (Wildman–Crippen LogP) is 4.46. The summed E-state index contributed by atoms with van der Waals surface area (Å²) in [5.74, 6) is 0. The molecule has 1 heterocycles. The number of benzene rings is 1. The van der Waals surface area contributed by atoms with Crippen molar-refractivity contribution in [2.75, 3.05) is 5.32 Å². The van der Waals surface area contributed by atoms with E-state index in [0.29, 0.717) is 6.04 Å². The average Bonchev–Trinajstić information content (AvgIpc) is 2.87. The summed E-state index contributed by atoms with van der Waals surface area (Å²) in [4.78, 5) is 0. The summed E-state index contributed by atoms with van der Waals surface area (Å²) in [6, 6.07) is 11.0. The summed E-state index contributed by atoms with van der Waals surface area (Å²) in [7, 11) is 0. The van der Waals surface area contributed by atoms with Crippen molar-refractivity contribution in [3.63, 3.8) is 0 Å². The number of nitrogens with zero attached hydrogens (tertiary/aromatic N) is 2. The molecule has 0 atom stereocenters. The first kappa shape index (κ1) is 14.4. The van der Waals surface area contributed by atoms with Gasteiger partial charge in [-0.25, -0.2) is 0 Å².